The van der Waals surface area contributed by atoms with E-state index in [2.05, 4.69) is 14.1 Å². The summed E-state index contributed by atoms with van der Waals surface area (Å²) in [4.78, 5) is 14.3. The fourth-order valence-corrected chi connectivity index (χ4v) is 4.20. The van der Waals surface area contributed by atoms with Crippen molar-refractivity contribution in [2.24, 2.45) is 0 Å². The first-order chi connectivity index (χ1) is 15.4. The number of nitrogens with zero attached hydrogens (tertiary/aromatic N) is 2. The van der Waals surface area contributed by atoms with Gasteiger partial charge in [-0.3, -0.25) is 4.72 Å². The predicted molar refractivity (Wildman–Crippen MR) is 105 cm³/mol. The van der Waals surface area contributed by atoms with E-state index >= 15 is 0 Å². The molecular weight excluding hydrogens is 497 g/mol. The van der Waals surface area contributed by atoms with E-state index in [1.807, 2.05) is 4.72 Å². The standard InChI is InChI=1S/C18H12F5N3O5S2/c1-2-30-16(27)9-3-10(18(21,22)23)5-11(4-9)31-14-6-13(20)15(7-12(14)19)33(28,29)26-17-24-8-25-32-17/h3-8H,2H2,1H3,(H,24,25,26). The summed E-state index contributed by atoms with van der Waals surface area (Å²) in [6, 6.07) is 2.44. The molecule has 1 heterocycles. The van der Waals surface area contributed by atoms with Gasteiger partial charge in [-0.25, -0.2) is 27.0 Å². The highest BCUT2D eigenvalue weighted by Crippen LogP contribution is 2.36. The Morgan fingerprint density at radius 3 is 2.45 bits per heavy atom. The van der Waals surface area contributed by atoms with Crippen LogP contribution in [-0.4, -0.2) is 30.4 Å². The first kappa shape index (κ1) is 24.3. The van der Waals surface area contributed by atoms with Crippen molar-refractivity contribution in [3.8, 4) is 11.5 Å². The lowest BCUT2D eigenvalue weighted by molar-refractivity contribution is -0.137. The van der Waals surface area contributed by atoms with Gasteiger partial charge in [0, 0.05) is 23.7 Å². The number of sulfonamides is 1. The molecule has 0 bridgehead atoms. The SMILES string of the molecule is CCOC(=O)c1cc(Oc2cc(F)c(S(=O)(=O)Nc3ncns3)cc2F)cc(C(F)(F)F)c1. The van der Waals surface area contributed by atoms with Gasteiger partial charge in [0.1, 0.15) is 22.8 Å². The largest absolute Gasteiger partial charge is 0.462 e. The molecule has 0 unspecified atom stereocenters. The molecule has 1 N–H and O–H groups in total. The molecule has 0 atom stereocenters. The molecule has 0 amide bonds. The van der Waals surface area contributed by atoms with Crippen LogP contribution >= 0.6 is 11.5 Å². The third-order valence-corrected chi connectivity index (χ3v) is 5.89. The lowest BCUT2D eigenvalue weighted by Crippen LogP contribution is -2.15. The summed E-state index contributed by atoms with van der Waals surface area (Å²) in [5, 5.41) is -0.203. The summed E-state index contributed by atoms with van der Waals surface area (Å²) in [6.07, 6.45) is -3.85. The summed E-state index contributed by atoms with van der Waals surface area (Å²) in [7, 11) is -4.60. The minimum absolute atomic E-state index is 0.119. The number of rotatable bonds is 7. The molecule has 0 aliphatic heterocycles. The average Bonchev–Trinajstić information content (AvgIpc) is 3.22. The van der Waals surface area contributed by atoms with Gasteiger partial charge in [0.2, 0.25) is 5.13 Å². The highest BCUT2D eigenvalue weighted by molar-refractivity contribution is 7.93. The van der Waals surface area contributed by atoms with E-state index in [1.54, 1.807) is 0 Å². The molecule has 1 aromatic heterocycles. The molecule has 3 rings (SSSR count). The maximum absolute atomic E-state index is 14.5. The molecule has 0 spiro atoms. The van der Waals surface area contributed by atoms with E-state index in [0.717, 1.165) is 12.4 Å². The molecule has 2 aromatic carbocycles. The van der Waals surface area contributed by atoms with Gasteiger partial charge in [0.15, 0.2) is 11.6 Å². The first-order valence-electron chi connectivity index (χ1n) is 8.76. The van der Waals surface area contributed by atoms with Crippen LogP contribution in [0.25, 0.3) is 0 Å². The third-order valence-electron chi connectivity index (χ3n) is 3.83. The number of alkyl halides is 3. The number of ether oxygens (including phenoxy) is 2. The van der Waals surface area contributed by atoms with E-state index in [9.17, 15) is 35.2 Å². The van der Waals surface area contributed by atoms with Gasteiger partial charge in [-0.2, -0.15) is 17.5 Å². The molecule has 33 heavy (non-hydrogen) atoms. The lowest BCUT2D eigenvalue weighted by atomic mass is 10.1. The Morgan fingerprint density at radius 1 is 1.12 bits per heavy atom. The number of esters is 1. The van der Waals surface area contributed by atoms with Gasteiger partial charge < -0.3 is 9.47 Å². The molecule has 176 valence electrons. The lowest BCUT2D eigenvalue weighted by Gasteiger charge is -2.14. The van der Waals surface area contributed by atoms with Crippen LogP contribution in [0, 0.1) is 11.6 Å². The zero-order valence-corrected chi connectivity index (χ0v) is 17.9. The number of halogens is 5. The quantitative estimate of drug-likeness (QED) is 0.366. The molecule has 0 saturated carbocycles. The van der Waals surface area contributed by atoms with Crippen molar-refractivity contribution in [1.82, 2.24) is 9.36 Å². The van der Waals surface area contributed by atoms with E-state index in [1.165, 1.54) is 6.92 Å². The van der Waals surface area contributed by atoms with Crippen LogP contribution in [0.3, 0.4) is 0 Å². The van der Waals surface area contributed by atoms with Crippen molar-refractivity contribution < 1.29 is 44.6 Å². The number of anilines is 1. The molecule has 0 aliphatic carbocycles. The Morgan fingerprint density at radius 2 is 1.85 bits per heavy atom. The highest BCUT2D eigenvalue weighted by Gasteiger charge is 2.32. The van der Waals surface area contributed by atoms with Gasteiger partial charge >= 0.3 is 12.1 Å². The number of hydrogen-bond acceptors (Lipinski definition) is 8. The van der Waals surface area contributed by atoms with E-state index in [-0.39, 0.29) is 17.8 Å². The Bertz CT molecular complexity index is 1280. The van der Waals surface area contributed by atoms with Crippen molar-refractivity contribution in [2.45, 2.75) is 18.0 Å². The molecule has 8 nitrogen and oxygen atoms in total. The average molecular weight is 509 g/mol. The smallest absolute Gasteiger partial charge is 0.416 e. The van der Waals surface area contributed by atoms with Crippen molar-refractivity contribution >= 4 is 32.7 Å². The van der Waals surface area contributed by atoms with E-state index < -0.39 is 61.3 Å². The second-order valence-corrected chi connectivity index (χ2v) is 8.56. The molecule has 0 aliphatic rings. The molecule has 0 saturated heterocycles. The number of carbonyl (C=O) groups excluding carboxylic acids is 1. The summed E-state index contributed by atoms with van der Waals surface area (Å²) in [5.41, 5.74) is -1.84. The Balaban J connectivity index is 1.97. The number of benzene rings is 2. The van der Waals surface area contributed by atoms with Crippen LogP contribution in [0.5, 0.6) is 11.5 Å². The van der Waals surface area contributed by atoms with Gasteiger partial charge in [-0.15, -0.1) is 0 Å². The zero-order valence-electron chi connectivity index (χ0n) is 16.3. The second kappa shape index (κ2) is 9.27. The molecule has 15 heteroatoms. The molecular formula is C18H12F5N3O5S2. The molecule has 3 aromatic rings. The maximum atomic E-state index is 14.5. The minimum Gasteiger partial charge on any atom is -0.462 e. The van der Waals surface area contributed by atoms with Crippen molar-refractivity contribution in [1.29, 1.82) is 0 Å². The maximum Gasteiger partial charge on any atom is 0.416 e. The van der Waals surface area contributed by atoms with E-state index in [4.69, 9.17) is 4.74 Å². The Labute approximate surface area is 187 Å². The monoisotopic (exact) mass is 509 g/mol. The number of nitrogens with one attached hydrogen (secondary N) is 1. The van der Waals surface area contributed by atoms with Gasteiger partial charge in [0.05, 0.1) is 17.7 Å². The summed E-state index contributed by atoms with van der Waals surface area (Å²) < 4.78 is 108. The molecule has 0 radical (unpaired) electrons. The van der Waals surface area contributed by atoms with Crippen LogP contribution in [-0.2, 0) is 20.9 Å². The zero-order chi connectivity index (χ0) is 24.4. The second-order valence-electron chi connectivity index (χ2n) is 6.13. The summed E-state index contributed by atoms with van der Waals surface area (Å²) >= 11 is 0.648. The van der Waals surface area contributed by atoms with Crippen molar-refractivity contribution in [3.63, 3.8) is 0 Å². The van der Waals surface area contributed by atoms with Gasteiger partial charge in [0.25, 0.3) is 10.0 Å². The highest BCUT2D eigenvalue weighted by atomic mass is 32.2. The fourth-order valence-electron chi connectivity index (χ4n) is 2.46. The molecule has 0 fully saturated rings. The van der Waals surface area contributed by atoms with Crippen molar-refractivity contribution in [3.05, 3.63) is 59.4 Å². The summed E-state index contributed by atoms with van der Waals surface area (Å²) in [6.45, 7) is 1.32. The van der Waals surface area contributed by atoms with Crippen LogP contribution in [0.15, 0.2) is 41.6 Å². The topological polar surface area (TPSA) is 107 Å². The van der Waals surface area contributed by atoms with Crippen LogP contribution in [0.2, 0.25) is 0 Å². The first-order valence-corrected chi connectivity index (χ1v) is 11.0. The van der Waals surface area contributed by atoms with Crippen LogP contribution in [0.1, 0.15) is 22.8 Å². The van der Waals surface area contributed by atoms with Crippen LogP contribution < -0.4 is 9.46 Å². The predicted octanol–water partition coefficient (Wildman–Crippen LogP) is 4.60. The number of carbonyl (C=O) groups is 1. The Hall–Kier alpha value is -3.33. The Kier molecular flexibility index (Phi) is 6.83. The van der Waals surface area contributed by atoms with Gasteiger partial charge in [-0.05, 0) is 25.1 Å². The third kappa shape index (κ3) is 5.73. The van der Waals surface area contributed by atoms with Crippen LogP contribution in [0.4, 0.5) is 27.1 Å². The van der Waals surface area contributed by atoms with Gasteiger partial charge in [-0.1, -0.05) is 0 Å². The normalized spacial score (nSPS) is 11.8. The van der Waals surface area contributed by atoms with Crippen molar-refractivity contribution in [2.75, 3.05) is 11.3 Å². The fraction of sp³-hybridized carbons (Fsp3) is 0.167. The summed E-state index contributed by atoms with van der Waals surface area (Å²) in [5.74, 6) is -5.53. The number of hydrogen-bond donors (Lipinski definition) is 1. The minimum atomic E-state index is -4.89. The van der Waals surface area contributed by atoms with E-state index in [0.29, 0.717) is 29.7 Å². The number of aromatic nitrogens is 2.